The first-order chi connectivity index (χ1) is 16.6. The summed E-state index contributed by atoms with van der Waals surface area (Å²) in [5.41, 5.74) is 1.21. The van der Waals surface area contributed by atoms with Crippen molar-refractivity contribution in [3.05, 3.63) is 35.4 Å². The molecule has 1 atom stereocenters. The number of hydrogen-bond donors (Lipinski definition) is 0. The zero-order valence-electron chi connectivity index (χ0n) is 21.1. The average Bonchev–Trinajstić information content (AvgIpc) is 3.39. The van der Waals surface area contributed by atoms with Gasteiger partial charge in [-0.15, -0.1) is 0 Å². The van der Waals surface area contributed by atoms with Crippen molar-refractivity contribution >= 4 is 0 Å². The molecule has 0 aliphatic heterocycles. The molecule has 0 bridgehead atoms. The van der Waals surface area contributed by atoms with Crippen LogP contribution in [0.1, 0.15) is 103 Å². The Bertz CT molecular complexity index is 791. The van der Waals surface area contributed by atoms with Gasteiger partial charge in [0.1, 0.15) is 6.61 Å². The van der Waals surface area contributed by atoms with E-state index in [1.165, 1.54) is 88.3 Å². The summed E-state index contributed by atoms with van der Waals surface area (Å²) in [5.74, 6) is 1.18. The average molecular weight is 475 g/mol. The van der Waals surface area contributed by atoms with Gasteiger partial charge in [-0.1, -0.05) is 64.4 Å². The number of ether oxygens (including phenoxy) is 2. The van der Waals surface area contributed by atoms with Crippen LogP contribution in [0.5, 0.6) is 11.5 Å². The summed E-state index contributed by atoms with van der Waals surface area (Å²) in [7, 11) is 0. The molecule has 4 rings (SSSR count). The highest BCUT2D eigenvalue weighted by Gasteiger charge is 2.28. The molecule has 0 heterocycles. The smallest absolute Gasteiger partial charge is 0.204 e. The Morgan fingerprint density at radius 3 is 2.15 bits per heavy atom. The Labute approximate surface area is 205 Å². The second kappa shape index (κ2) is 12.9. The van der Waals surface area contributed by atoms with Crippen molar-refractivity contribution in [3.8, 4) is 11.5 Å². The summed E-state index contributed by atoms with van der Waals surface area (Å²) < 4.78 is 40.3. The van der Waals surface area contributed by atoms with Gasteiger partial charge in [-0.05, 0) is 86.3 Å². The fraction of sp³-hybridized carbons (Fsp3) is 0.733. The van der Waals surface area contributed by atoms with Gasteiger partial charge in [-0.25, -0.2) is 0 Å². The molecule has 1 unspecified atom stereocenters. The summed E-state index contributed by atoms with van der Waals surface area (Å²) in [6.07, 6.45) is 21.4. The van der Waals surface area contributed by atoms with Gasteiger partial charge in [-0.3, -0.25) is 0 Å². The number of hydrogen-bond acceptors (Lipinski definition) is 2. The highest BCUT2D eigenvalue weighted by atomic mass is 19.2. The van der Waals surface area contributed by atoms with Crippen LogP contribution in [0.15, 0.2) is 23.8 Å². The fourth-order valence-electron chi connectivity index (χ4n) is 6.39. The fourth-order valence-corrected chi connectivity index (χ4v) is 6.39. The Balaban J connectivity index is 1.20. The molecule has 4 heteroatoms. The van der Waals surface area contributed by atoms with Gasteiger partial charge in [0.15, 0.2) is 11.5 Å². The van der Waals surface area contributed by atoms with E-state index < -0.39 is 11.6 Å². The van der Waals surface area contributed by atoms with Crippen molar-refractivity contribution < 1.29 is 18.3 Å². The summed E-state index contributed by atoms with van der Waals surface area (Å²) in [6.45, 7) is 3.09. The monoisotopic (exact) mass is 474 g/mol. The van der Waals surface area contributed by atoms with Crippen molar-refractivity contribution in [2.75, 3.05) is 13.2 Å². The molecule has 3 aliphatic rings. The van der Waals surface area contributed by atoms with E-state index in [0.29, 0.717) is 19.1 Å². The molecule has 2 saturated carbocycles. The predicted molar refractivity (Wildman–Crippen MR) is 134 cm³/mol. The molecule has 2 nitrogen and oxygen atoms in total. The van der Waals surface area contributed by atoms with E-state index in [9.17, 15) is 8.78 Å². The molecule has 0 saturated heterocycles. The third kappa shape index (κ3) is 6.98. The molecule has 1 aromatic carbocycles. The number of halogens is 2. The predicted octanol–water partition coefficient (Wildman–Crippen LogP) is 9.03. The molecule has 34 heavy (non-hydrogen) atoms. The normalized spacial score (nSPS) is 25.9. The highest BCUT2D eigenvalue weighted by molar-refractivity contribution is 5.35. The number of allylic oxidation sites excluding steroid dienone is 1. The van der Waals surface area contributed by atoms with Gasteiger partial charge in [0.2, 0.25) is 11.6 Å². The quantitative estimate of drug-likeness (QED) is 0.235. The van der Waals surface area contributed by atoms with Crippen molar-refractivity contribution in [3.63, 3.8) is 0 Å². The topological polar surface area (TPSA) is 18.5 Å². The molecule has 0 aromatic heterocycles. The Morgan fingerprint density at radius 2 is 1.50 bits per heavy atom. The first-order valence-electron chi connectivity index (χ1n) is 14.1. The van der Waals surface area contributed by atoms with Crippen LogP contribution in [0.4, 0.5) is 8.78 Å². The van der Waals surface area contributed by atoms with Crippen LogP contribution >= 0.6 is 0 Å². The van der Waals surface area contributed by atoms with E-state index in [1.54, 1.807) is 0 Å². The summed E-state index contributed by atoms with van der Waals surface area (Å²) in [6, 6.07) is 3.01. The maximum absolute atomic E-state index is 14.6. The second-order valence-electron chi connectivity index (χ2n) is 11.1. The summed E-state index contributed by atoms with van der Waals surface area (Å²) >= 11 is 0. The maximum atomic E-state index is 14.6. The molecular formula is C30H44F2O2. The van der Waals surface area contributed by atoms with Crippen LogP contribution in [-0.4, -0.2) is 13.2 Å². The first kappa shape index (κ1) is 25.5. The van der Waals surface area contributed by atoms with E-state index in [-0.39, 0.29) is 11.5 Å². The third-order valence-corrected chi connectivity index (χ3v) is 8.69. The third-order valence-electron chi connectivity index (χ3n) is 8.69. The maximum Gasteiger partial charge on any atom is 0.204 e. The van der Waals surface area contributed by atoms with E-state index in [2.05, 4.69) is 13.0 Å². The van der Waals surface area contributed by atoms with Crippen LogP contribution in [0.2, 0.25) is 0 Å². The van der Waals surface area contributed by atoms with Crippen molar-refractivity contribution in [2.45, 2.75) is 103 Å². The van der Waals surface area contributed by atoms with Gasteiger partial charge in [0.25, 0.3) is 0 Å². The van der Waals surface area contributed by atoms with Crippen LogP contribution in [0.3, 0.4) is 0 Å². The Kier molecular flexibility index (Phi) is 9.70. The van der Waals surface area contributed by atoms with Crippen LogP contribution in [-0.2, 0) is 0 Å². The summed E-state index contributed by atoms with van der Waals surface area (Å²) in [4.78, 5) is 0. The van der Waals surface area contributed by atoms with Gasteiger partial charge in [-0.2, -0.15) is 8.78 Å². The Morgan fingerprint density at radius 1 is 0.794 bits per heavy atom. The lowest BCUT2D eigenvalue weighted by molar-refractivity contribution is 0.183. The summed E-state index contributed by atoms with van der Waals surface area (Å²) in [5, 5.41) is 0. The van der Waals surface area contributed by atoms with Gasteiger partial charge >= 0.3 is 0 Å². The van der Waals surface area contributed by atoms with Crippen LogP contribution < -0.4 is 9.47 Å². The lowest BCUT2D eigenvalue weighted by atomic mass is 9.70. The minimum absolute atomic E-state index is 0.00319. The molecule has 0 radical (unpaired) electrons. The van der Waals surface area contributed by atoms with Crippen molar-refractivity contribution in [2.24, 2.45) is 23.7 Å². The van der Waals surface area contributed by atoms with E-state index in [0.717, 1.165) is 43.4 Å². The van der Waals surface area contributed by atoms with Crippen molar-refractivity contribution in [1.82, 2.24) is 0 Å². The molecule has 0 spiro atoms. The van der Waals surface area contributed by atoms with Gasteiger partial charge < -0.3 is 9.47 Å². The van der Waals surface area contributed by atoms with Crippen LogP contribution in [0, 0.1) is 35.3 Å². The number of unbranched alkanes of at least 4 members (excludes halogenated alkanes) is 2. The first-order valence-corrected chi connectivity index (χ1v) is 14.1. The Hall–Kier alpha value is -1.58. The SMILES string of the molecule is CCCCCC1CCC(C2CC=C(COc3ccc(OCC4CCCC4)c(F)c3F)CC2)CC1. The van der Waals surface area contributed by atoms with Crippen molar-refractivity contribution in [1.29, 1.82) is 0 Å². The standard InChI is InChI=1S/C30H44F2O2/c1-2-3-4-7-22-10-14-25(15-11-22)26-16-12-24(13-17-26)21-34-28-19-18-27(29(31)30(28)32)33-20-23-8-5-6-9-23/h12,18-19,22-23,25-26H,2-11,13-17,20-21H2,1H3. The lowest BCUT2D eigenvalue weighted by Gasteiger charge is -2.35. The molecule has 1 aromatic rings. The minimum atomic E-state index is -0.936. The molecule has 3 aliphatic carbocycles. The molecule has 0 amide bonds. The molecule has 190 valence electrons. The van der Waals surface area contributed by atoms with E-state index in [4.69, 9.17) is 9.47 Å². The van der Waals surface area contributed by atoms with Crippen LogP contribution in [0.25, 0.3) is 0 Å². The largest absolute Gasteiger partial charge is 0.490 e. The molecular weight excluding hydrogens is 430 g/mol. The zero-order valence-corrected chi connectivity index (χ0v) is 21.1. The number of benzene rings is 1. The minimum Gasteiger partial charge on any atom is -0.490 e. The molecule has 0 N–H and O–H groups in total. The number of rotatable bonds is 11. The van der Waals surface area contributed by atoms with Gasteiger partial charge in [0, 0.05) is 0 Å². The van der Waals surface area contributed by atoms with E-state index in [1.807, 2.05) is 0 Å². The van der Waals surface area contributed by atoms with Gasteiger partial charge in [0.05, 0.1) is 6.61 Å². The molecule has 2 fully saturated rings. The zero-order chi connectivity index (χ0) is 23.8. The second-order valence-corrected chi connectivity index (χ2v) is 11.1. The lowest BCUT2D eigenvalue weighted by Crippen LogP contribution is -2.24. The van der Waals surface area contributed by atoms with E-state index >= 15 is 0 Å². The highest BCUT2D eigenvalue weighted by Crippen LogP contribution is 2.41.